The van der Waals surface area contributed by atoms with Gasteiger partial charge in [-0.15, -0.1) is 0 Å². The Balaban J connectivity index is 1.76. The lowest BCUT2D eigenvalue weighted by Gasteiger charge is -2.34. The third-order valence-electron chi connectivity index (χ3n) is 6.55. The zero-order valence-corrected chi connectivity index (χ0v) is 26.4. The van der Waals surface area contributed by atoms with Crippen LogP contribution in [0.5, 0.6) is 11.5 Å². The fraction of sp³-hybridized carbons (Fsp3) is 0.333. The molecule has 2 amide bonds. The normalized spacial score (nSPS) is 13.7. The minimum atomic E-state index is -4.42. The number of nitrogens with zero attached hydrogens (tertiary/aromatic N) is 2. The molecule has 4 rings (SSSR count). The second kappa shape index (κ2) is 13.0. The average molecular weight is 653 g/mol. The van der Waals surface area contributed by atoms with Crippen LogP contribution in [0.1, 0.15) is 33.3 Å². The Kier molecular flexibility index (Phi) is 9.78. The molecule has 0 radical (unpaired) electrons. The van der Waals surface area contributed by atoms with Crippen LogP contribution in [0.4, 0.5) is 10.1 Å². The van der Waals surface area contributed by atoms with Crippen molar-refractivity contribution in [2.75, 3.05) is 24.1 Å². The first-order valence-electron chi connectivity index (χ1n) is 13.4. The van der Waals surface area contributed by atoms with Crippen LogP contribution in [0, 0.1) is 5.82 Å². The van der Waals surface area contributed by atoms with Gasteiger partial charge in [-0.2, -0.15) is 0 Å². The maximum Gasteiger partial charge on any atom is 0.264 e. The van der Waals surface area contributed by atoms with E-state index in [2.05, 4.69) is 5.32 Å². The summed E-state index contributed by atoms with van der Waals surface area (Å²) in [6.45, 7) is 6.57. The van der Waals surface area contributed by atoms with Crippen LogP contribution in [0.15, 0.2) is 65.6 Å². The van der Waals surface area contributed by atoms with Gasteiger partial charge >= 0.3 is 0 Å². The number of benzene rings is 3. The van der Waals surface area contributed by atoms with E-state index in [1.54, 1.807) is 39.0 Å². The van der Waals surface area contributed by atoms with Crippen molar-refractivity contribution in [1.29, 1.82) is 0 Å². The number of carbonyl (C=O) groups excluding carboxylic acids is 2. The van der Waals surface area contributed by atoms with E-state index in [9.17, 15) is 22.4 Å². The van der Waals surface area contributed by atoms with Crippen molar-refractivity contribution < 1.29 is 31.9 Å². The number of ether oxygens (including phenoxy) is 2. The summed E-state index contributed by atoms with van der Waals surface area (Å²) in [5.41, 5.74) is -0.186. The number of nitrogens with one attached hydrogen (secondary N) is 1. The molecule has 9 nitrogen and oxygen atoms in total. The molecule has 3 aromatic rings. The fourth-order valence-electron chi connectivity index (χ4n) is 4.36. The van der Waals surface area contributed by atoms with Crippen LogP contribution in [0.25, 0.3) is 0 Å². The van der Waals surface area contributed by atoms with Crippen LogP contribution in [-0.2, 0) is 26.2 Å². The summed E-state index contributed by atoms with van der Waals surface area (Å²) in [5.74, 6) is -1.16. The number of carbonyl (C=O) groups is 2. The molecule has 0 bridgehead atoms. The largest absolute Gasteiger partial charge is 0.486 e. The third kappa shape index (κ3) is 7.70. The first kappa shape index (κ1) is 32.4. The Morgan fingerprint density at radius 1 is 0.977 bits per heavy atom. The summed E-state index contributed by atoms with van der Waals surface area (Å²) in [6, 6.07) is 12.6. The van der Waals surface area contributed by atoms with Gasteiger partial charge in [0.05, 0.1) is 10.6 Å². The van der Waals surface area contributed by atoms with Crippen molar-refractivity contribution in [3.05, 3.63) is 82.1 Å². The number of amides is 2. The summed E-state index contributed by atoms with van der Waals surface area (Å²) in [6.07, 6.45) is 0. The van der Waals surface area contributed by atoms with E-state index in [1.807, 2.05) is 0 Å². The topological polar surface area (TPSA) is 105 Å². The number of sulfonamides is 1. The van der Waals surface area contributed by atoms with Crippen LogP contribution in [0.2, 0.25) is 10.0 Å². The van der Waals surface area contributed by atoms with Crippen LogP contribution in [0.3, 0.4) is 0 Å². The minimum Gasteiger partial charge on any atom is -0.486 e. The lowest BCUT2D eigenvalue weighted by atomic mass is 10.1. The Hall–Kier alpha value is -3.54. The molecule has 0 spiro atoms. The molecule has 1 atom stereocenters. The number of halogens is 3. The van der Waals surface area contributed by atoms with Crippen LogP contribution in [-0.4, -0.2) is 56.5 Å². The van der Waals surface area contributed by atoms with E-state index >= 15 is 0 Å². The Morgan fingerprint density at radius 3 is 2.19 bits per heavy atom. The highest BCUT2D eigenvalue weighted by molar-refractivity contribution is 7.92. The molecule has 0 saturated carbocycles. The van der Waals surface area contributed by atoms with Crippen molar-refractivity contribution >= 4 is 50.7 Å². The Morgan fingerprint density at radius 2 is 1.58 bits per heavy atom. The zero-order chi connectivity index (χ0) is 31.5. The van der Waals surface area contributed by atoms with Gasteiger partial charge in [0.2, 0.25) is 11.8 Å². The van der Waals surface area contributed by atoms with E-state index in [1.165, 1.54) is 42.2 Å². The monoisotopic (exact) mass is 651 g/mol. The highest BCUT2D eigenvalue weighted by atomic mass is 35.5. The smallest absolute Gasteiger partial charge is 0.264 e. The Labute approximate surface area is 260 Å². The molecule has 0 fully saturated rings. The van der Waals surface area contributed by atoms with Crippen molar-refractivity contribution in [2.45, 2.75) is 50.7 Å². The van der Waals surface area contributed by atoms with Crippen LogP contribution >= 0.6 is 23.2 Å². The molecule has 1 aliphatic heterocycles. The molecule has 1 unspecified atom stereocenters. The quantitative estimate of drug-likeness (QED) is 0.331. The number of rotatable bonds is 9. The number of anilines is 1. The van der Waals surface area contributed by atoms with Gasteiger partial charge in [0.15, 0.2) is 11.5 Å². The maximum atomic E-state index is 14.1. The van der Waals surface area contributed by atoms with E-state index in [0.29, 0.717) is 17.9 Å². The SMILES string of the molecule is CC(C(=O)NC(C)(C)C)N(Cc1c(Cl)cccc1Cl)C(=O)CN(c1ccc(F)cc1)S(=O)(=O)c1ccc2c(c1)OCCO2. The third-order valence-corrected chi connectivity index (χ3v) is 9.03. The molecule has 1 heterocycles. The average Bonchev–Trinajstić information content (AvgIpc) is 2.94. The van der Waals surface area contributed by atoms with Gasteiger partial charge in [0, 0.05) is 33.8 Å². The summed E-state index contributed by atoms with van der Waals surface area (Å²) < 4.78 is 53.9. The second-order valence-corrected chi connectivity index (χ2v) is 13.6. The number of hydrogen-bond donors (Lipinski definition) is 1. The molecular formula is C30H32Cl2FN3O6S. The summed E-state index contributed by atoms with van der Waals surface area (Å²) in [5, 5.41) is 3.39. The molecular weight excluding hydrogens is 620 g/mol. The van der Waals surface area contributed by atoms with Gasteiger partial charge in [-0.05, 0) is 76.2 Å². The molecule has 0 saturated heterocycles. The highest BCUT2D eigenvalue weighted by Crippen LogP contribution is 2.34. The first-order chi connectivity index (χ1) is 20.2. The van der Waals surface area contributed by atoms with E-state index in [4.69, 9.17) is 32.7 Å². The van der Waals surface area contributed by atoms with Crippen LogP contribution < -0.4 is 19.1 Å². The molecule has 13 heteroatoms. The van der Waals surface area contributed by atoms with Crippen molar-refractivity contribution in [1.82, 2.24) is 10.2 Å². The van der Waals surface area contributed by atoms with Gasteiger partial charge in [-0.25, -0.2) is 12.8 Å². The molecule has 1 N–H and O–H groups in total. The van der Waals surface area contributed by atoms with Gasteiger partial charge in [0.1, 0.15) is 31.6 Å². The predicted octanol–water partition coefficient (Wildman–Crippen LogP) is 5.43. The number of fused-ring (bicyclic) bond motifs is 1. The maximum absolute atomic E-state index is 14.1. The standard InChI is InChI=1S/C30H32Cl2FN3O6S/c1-19(29(38)34-30(2,3)4)35(17-23-24(31)6-5-7-25(23)32)28(37)18-36(21-10-8-20(33)9-11-21)43(39,40)22-12-13-26-27(16-22)42-15-14-41-26/h5-13,16,19H,14-15,17-18H2,1-4H3,(H,34,38). The first-order valence-corrected chi connectivity index (χ1v) is 15.6. The number of hydrogen-bond acceptors (Lipinski definition) is 6. The van der Waals surface area contributed by atoms with Crippen molar-refractivity contribution in [3.8, 4) is 11.5 Å². The van der Waals surface area contributed by atoms with Crippen molar-refractivity contribution in [2.24, 2.45) is 0 Å². The highest BCUT2D eigenvalue weighted by Gasteiger charge is 2.34. The molecule has 43 heavy (non-hydrogen) atoms. The molecule has 1 aliphatic rings. The summed E-state index contributed by atoms with van der Waals surface area (Å²) in [7, 11) is -4.42. The van der Waals surface area contributed by atoms with Gasteiger partial charge in [-0.1, -0.05) is 29.3 Å². The fourth-order valence-corrected chi connectivity index (χ4v) is 6.30. The lowest BCUT2D eigenvalue weighted by molar-refractivity contribution is -0.140. The molecule has 0 aromatic heterocycles. The van der Waals surface area contributed by atoms with Gasteiger partial charge in [-0.3, -0.25) is 13.9 Å². The molecule has 0 aliphatic carbocycles. The van der Waals surface area contributed by atoms with Crippen molar-refractivity contribution in [3.63, 3.8) is 0 Å². The predicted molar refractivity (Wildman–Crippen MR) is 163 cm³/mol. The molecule has 3 aromatic carbocycles. The van der Waals surface area contributed by atoms with E-state index < -0.39 is 45.8 Å². The van der Waals surface area contributed by atoms with E-state index in [-0.39, 0.29) is 39.5 Å². The lowest BCUT2D eigenvalue weighted by Crippen LogP contribution is -2.54. The van der Waals surface area contributed by atoms with E-state index in [0.717, 1.165) is 16.4 Å². The minimum absolute atomic E-state index is 0.0344. The molecule has 230 valence electrons. The van der Waals surface area contributed by atoms with Gasteiger partial charge < -0.3 is 19.7 Å². The summed E-state index contributed by atoms with van der Waals surface area (Å²) >= 11 is 12.8. The zero-order valence-electron chi connectivity index (χ0n) is 24.1. The summed E-state index contributed by atoms with van der Waals surface area (Å²) in [4.78, 5) is 28.4. The second-order valence-electron chi connectivity index (χ2n) is 10.9. The Bertz CT molecular complexity index is 1590. The van der Waals surface area contributed by atoms with Gasteiger partial charge in [0.25, 0.3) is 10.0 Å².